The van der Waals surface area contributed by atoms with E-state index in [-0.39, 0.29) is 12.4 Å². The van der Waals surface area contributed by atoms with Crippen LogP contribution in [0.15, 0.2) is 11.1 Å². The number of rotatable bonds is 0. The third-order valence-corrected chi connectivity index (χ3v) is 2.63. The minimum absolute atomic E-state index is 0. The fourth-order valence-corrected chi connectivity index (χ4v) is 1.76. The summed E-state index contributed by atoms with van der Waals surface area (Å²) < 4.78 is 0. The molecule has 0 bridgehead atoms. The van der Waals surface area contributed by atoms with Gasteiger partial charge in [-0.15, -0.1) is 12.4 Å². The van der Waals surface area contributed by atoms with E-state index >= 15 is 0 Å². The first-order valence-corrected chi connectivity index (χ1v) is 4.37. The summed E-state index contributed by atoms with van der Waals surface area (Å²) in [5.41, 5.74) is 3.50. The van der Waals surface area contributed by atoms with Gasteiger partial charge in [-0.25, -0.2) is 0 Å². The van der Waals surface area contributed by atoms with Crippen LogP contribution in [-0.2, 0) is 0 Å². The van der Waals surface area contributed by atoms with Gasteiger partial charge in [-0.2, -0.15) is 0 Å². The zero-order valence-electron chi connectivity index (χ0n) is 6.86. The zero-order chi connectivity index (χ0) is 6.81. The Morgan fingerprint density at radius 3 is 2.09 bits per heavy atom. The van der Waals surface area contributed by atoms with Gasteiger partial charge >= 0.3 is 0 Å². The van der Waals surface area contributed by atoms with Crippen molar-refractivity contribution in [1.82, 2.24) is 5.32 Å². The Balaban J connectivity index is 0.000000605. The second-order valence-corrected chi connectivity index (χ2v) is 3.34. The summed E-state index contributed by atoms with van der Waals surface area (Å²) in [6.45, 7) is 2.42. The summed E-state index contributed by atoms with van der Waals surface area (Å²) in [4.78, 5) is 0. The van der Waals surface area contributed by atoms with E-state index in [0.717, 1.165) is 0 Å². The summed E-state index contributed by atoms with van der Waals surface area (Å²) in [6.07, 6.45) is 6.98. The first-order valence-electron chi connectivity index (χ1n) is 4.37. The number of piperidine rings is 1. The molecule has 11 heavy (non-hydrogen) atoms. The Labute approximate surface area is 74.7 Å². The highest BCUT2D eigenvalue weighted by Gasteiger charge is 2.15. The molecular formula is C9H16ClN. The molecule has 2 heteroatoms. The fourth-order valence-electron chi connectivity index (χ4n) is 1.76. The Bertz CT molecular complexity index is 149. The van der Waals surface area contributed by atoms with E-state index in [2.05, 4.69) is 5.32 Å². The highest BCUT2D eigenvalue weighted by atomic mass is 35.5. The van der Waals surface area contributed by atoms with Gasteiger partial charge in [-0.3, -0.25) is 0 Å². The molecule has 1 nitrogen and oxygen atoms in total. The molecule has 2 aliphatic rings. The van der Waals surface area contributed by atoms with Gasteiger partial charge in [0.15, 0.2) is 0 Å². The molecule has 1 aliphatic heterocycles. The van der Waals surface area contributed by atoms with Crippen molar-refractivity contribution in [3.63, 3.8) is 0 Å². The third-order valence-electron chi connectivity index (χ3n) is 2.63. The van der Waals surface area contributed by atoms with Gasteiger partial charge in [0.25, 0.3) is 0 Å². The smallest absolute Gasteiger partial charge is 0.0167 e. The maximum atomic E-state index is 3.43. The van der Waals surface area contributed by atoms with Crippen molar-refractivity contribution < 1.29 is 0 Å². The fraction of sp³-hybridized carbons (Fsp3) is 0.778. The molecule has 1 saturated carbocycles. The van der Waals surface area contributed by atoms with Crippen molar-refractivity contribution in [2.45, 2.75) is 32.1 Å². The van der Waals surface area contributed by atoms with Crippen LogP contribution in [0.4, 0.5) is 0 Å². The van der Waals surface area contributed by atoms with E-state index < -0.39 is 0 Å². The van der Waals surface area contributed by atoms with E-state index in [1.807, 2.05) is 0 Å². The summed E-state index contributed by atoms with van der Waals surface area (Å²) >= 11 is 0. The van der Waals surface area contributed by atoms with E-state index in [4.69, 9.17) is 0 Å². The van der Waals surface area contributed by atoms with Crippen LogP contribution in [0.25, 0.3) is 0 Å². The molecule has 1 aliphatic carbocycles. The van der Waals surface area contributed by atoms with Crippen molar-refractivity contribution in [3.05, 3.63) is 11.1 Å². The van der Waals surface area contributed by atoms with E-state index in [9.17, 15) is 0 Å². The van der Waals surface area contributed by atoms with E-state index in [0.29, 0.717) is 0 Å². The first kappa shape index (κ1) is 9.08. The average molecular weight is 174 g/mol. The van der Waals surface area contributed by atoms with Crippen LogP contribution < -0.4 is 5.32 Å². The lowest BCUT2D eigenvalue weighted by Crippen LogP contribution is -2.25. The Kier molecular flexibility index (Phi) is 3.41. The van der Waals surface area contributed by atoms with Crippen LogP contribution in [0.2, 0.25) is 0 Å². The average Bonchev–Trinajstić information content (AvgIpc) is 1.86. The lowest BCUT2D eigenvalue weighted by Gasteiger charge is -2.25. The van der Waals surface area contributed by atoms with Crippen molar-refractivity contribution in [2.75, 3.05) is 13.1 Å². The molecular weight excluding hydrogens is 158 g/mol. The number of hydrogen-bond acceptors (Lipinski definition) is 1. The second kappa shape index (κ2) is 4.13. The Morgan fingerprint density at radius 1 is 0.909 bits per heavy atom. The molecule has 0 unspecified atom stereocenters. The quantitative estimate of drug-likeness (QED) is 0.555. The van der Waals surface area contributed by atoms with Crippen molar-refractivity contribution in [1.29, 1.82) is 0 Å². The lowest BCUT2D eigenvalue weighted by molar-refractivity contribution is 0.566. The van der Waals surface area contributed by atoms with Crippen LogP contribution >= 0.6 is 12.4 Å². The molecule has 0 amide bonds. The maximum absolute atomic E-state index is 3.43. The monoisotopic (exact) mass is 173 g/mol. The molecule has 0 aromatic heterocycles. The van der Waals surface area contributed by atoms with E-state index in [1.54, 1.807) is 11.1 Å². The zero-order valence-corrected chi connectivity index (χ0v) is 7.67. The van der Waals surface area contributed by atoms with Gasteiger partial charge in [0, 0.05) is 6.54 Å². The second-order valence-electron chi connectivity index (χ2n) is 3.34. The first-order chi connectivity index (χ1) is 4.97. The van der Waals surface area contributed by atoms with Crippen molar-refractivity contribution in [3.8, 4) is 0 Å². The lowest BCUT2D eigenvalue weighted by atomic mass is 9.85. The summed E-state index contributed by atoms with van der Waals surface area (Å²) in [5.74, 6) is 0. The summed E-state index contributed by atoms with van der Waals surface area (Å²) in [6, 6.07) is 0. The highest BCUT2D eigenvalue weighted by molar-refractivity contribution is 5.85. The summed E-state index contributed by atoms with van der Waals surface area (Å²) in [7, 11) is 0. The molecule has 1 heterocycles. The molecule has 0 aromatic carbocycles. The highest BCUT2D eigenvalue weighted by Crippen LogP contribution is 2.30. The van der Waals surface area contributed by atoms with E-state index in [1.165, 1.54) is 45.2 Å². The van der Waals surface area contributed by atoms with Gasteiger partial charge < -0.3 is 5.32 Å². The van der Waals surface area contributed by atoms with Crippen LogP contribution in [0.1, 0.15) is 32.1 Å². The van der Waals surface area contributed by atoms with Gasteiger partial charge in [0.2, 0.25) is 0 Å². The molecule has 0 aromatic rings. The molecule has 1 N–H and O–H groups in total. The third kappa shape index (κ3) is 1.97. The number of hydrogen-bond donors (Lipinski definition) is 1. The Hall–Kier alpha value is -0.0100. The molecule has 2 rings (SSSR count). The number of allylic oxidation sites excluding steroid dienone is 1. The van der Waals surface area contributed by atoms with Crippen LogP contribution in [0.3, 0.4) is 0 Å². The number of halogens is 1. The predicted octanol–water partition coefficient (Wildman–Crippen LogP) is 2.27. The molecule has 64 valence electrons. The van der Waals surface area contributed by atoms with Crippen molar-refractivity contribution >= 4 is 12.4 Å². The normalized spacial score (nSPS) is 24.0. The largest absolute Gasteiger partial charge is 0.313 e. The maximum Gasteiger partial charge on any atom is 0.0167 e. The molecule has 0 radical (unpaired) electrons. The predicted molar refractivity (Wildman–Crippen MR) is 50.2 cm³/mol. The van der Waals surface area contributed by atoms with Gasteiger partial charge in [0.1, 0.15) is 0 Å². The van der Waals surface area contributed by atoms with Crippen molar-refractivity contribution in [2.24, 2.45) is 0 Å². The van der Waals surface area contributed by atoms with Crippen LogP contribution in [-0.4, -0.2) is 13.1 Å². The van der Waals surface area contributed by atoms with Gasteiger partial charge in [-0.05, 0) is 38.6 Å². The summed E-state index contributed by atoms with van der Waals surface area (Å²) in [5, 5.41) is 3.43. The minimum atomic E-state index is 0. The van der Waals surface area contributed by atoms with Crippen LogP contribution in [0, 0.1) is 0 Å². The minimum Gasteiger partial charge on any atom is -0.313 e. The molecule has 0 spiro atoms. The van der Waals surface area contributed by atoms with Crippen LogP contribution in [0.5, 0.6) is 0 Å². The molecule has 0 atom stereocenters. The Morgan fingerprint density at radius 2 is 1.64 bits per heavy atom. The molecule has 2 fully saturated rings. The van der Waals surface area contributed by atoms with Gasteiger partial charge in [-0.1, -0.05) is 11.1 Å². The van der Waals surface area contributed by atoms with Gasteiger partial charge in [0.05, 0.1) is 0 Å². The number of nitrogens with one attached hydrogen (secondary N) is 1. The standard InChI is InChI=1S/C9H15N.ClH/c1-3-8(4-1)9-5-2-6-10-7-9;/h10H,1-7H2;1H. The topological polar surface area (TPSA) is 12.0 Å². The molecule has 1 saturated heterocycles. The SMILES string of the molecule is C1CC(=C2CCCNC2)C1.Cl.